The van der Waals surface area contributed by atoms with Gasteiger partial charge in [0.1, 0.15) is 5.82 Å². The molecule has 5 rings (SSSR count). The summed E-state index contributed by atoms with van der Waals surface area (Å²) < 4.78 is 21.7. The van der Waals surface area contributed by atoms with Gasteiger partial charge in [-0.1, -0.05) is 36.4 Å². The van der Waals surface area contributed by atoms with Crippen molar-refractivity contribution in [3.05, 3.63) is 95.9 Å². The van der Waals surface area contributed by atoms with Crippen molar-refractivity contribution in [3.63, 3.8) is 0 Å². The molecule has 1 aromatic heterocycles. The molecule has 5 heteroatoms. The number of hydrogen-bond donors (Lipinski definition) is 0. The zero-order chi connectivity index (χ0) is 21.0. The third-order valence-electron chi connectivity index (χ3n) is 5.70. The number of aliphatic imine (C=N–C) groups is 1. The monoisotopic (exact) mass is 413 g/mol. The molecular formula is C26H24FN3O. The fourth-order valence-electron chi connectivity index (χ4n) is 4.03. The second-order valence-electron chi connectivity index (χ2n) is 7.69. The Labute approximate surface area is 181 Å². The van der Waals surface area contributed by atoms with Gasteiger partial charge >= 0.3 is 0 Å². The lowest BCUT2D eigenvalue weighted by molar-refractivity contribution is 0.122. The van der Waals surface area contributed by atoms with E-state index in [4.69, 9.17) is 9.73 Å². The number of fused-ring (bicyclic) bond motifs is 1. The van der Waals surface area contributed by atoms with Crippen LogP contribution in [0, 0.1) is 5.82 Å². The normalized spacial score (nSPS) is 14.5. The molecule has 4 nitrogen and oxygen atoms in total. The lowest BCUT2D eigenvalue weighted by Gasteiger charge is -2.28. The van der Waals surface area contributed by atoms with Crippen molar-refractivity contribution in [2.45, 2.75) is 6.54 Å². The van der Waals surface area contributed by atoms with Crippen LogP contribution < -0.4 is 4.90 Å². The van der Waals surface area contributed by atoms with E-state index in [9.17, 15) is 4.39 Å². The lowest BCUT2D eigenvalue weighted by Crippen LogP contribution is -2.36. The van der Waals surface area contributed by atoms with Crippen molar-refractivity contribution in [2.75, 3.05) is 31.2 Å². The van der Waals surface area contributed by atoms with Crippen LogP contribution in [0.5, 0.6) is 0 Å². The number of benzene rings is 3. The fourth-order valence-corrected chi connectivity index (χ4v) is 4.03. The molecule has 0 saturated carbocycles. The maximum absolute atomic E-state index is 14.2. The molecule has 1 aliphatic rings. The fraction of sp³-hybridized carbons (Fsp3) is 0.192. The topological polar surface area (TPSA) is 29.8 Å². The first-order chi connectivity index (χ1) is 15.3. The highest BCUT2D eigenvalue weighted by Gasteiger charge is 2.11. The van der Waals surface area contributed by atoms with Crippen molar-refractivity contribution >= 4 is 28.5 Å². The average Bonchev–Trinajstić information content (AvgIpc) is 3.18. The van der Waals surface area contributed by atoms with Gasteiger partial charge < -0.3 is 14.2 Å². The molecule has 0 aliphatic carbocycles. The third-order valence-corrected chi connectivity index (χ3v) is 5.70. The van der Waals surface area contributed by atoms with Gasteiger partial charge in [0.15, 0.2) is 0 Å². The van der Waals surface area contributed by atoms with Crippen LogP contribution in [-0.4, -0.2) is 37.1 Å². The molecule has 1 aliphatic heterocycles. The summed E-state index contributed by atoms with van der Waals surface area (Å²) in [7, 11) is 0. The molecule has 0 spiro atoms. The van der Waals surface area contributed by atoms with Crippen LogP contribution in [0.4, 0.5) is 15.8 Å². The standard InChI is InChI=1S/C26H24FN3O/c27-25-7-3-1-5-20(25)18-30-19-21(24-6-2-4-8-26(24)30)17-28-22-9-11-23(12-10-22)29-13-15-31-16-14-29/h1-12,17,19H,13-16,18H2. The van der Waals surface area contributed by atoms with Gasteiger partial charge in [-0.15, -0.1) is 0 Å². The first-order valence-corrected chi connectivity index (χ1v) is 10.6. The van der Waals surface area contributed by atoms with Crippen molar-refractivity contribution in [1.29, 1.82) is 0 Å². The number of ether oxygens (including phenoxy) is 1. The van der Waals surface area contributed by atoms with Crippen LogP contribution in [-0.2, 0) is 11.3 Å². The van der Waals surface area contributed by atoms with Crippen LogP contribution in [0.1, 0.15) is 11.1 Å². The Balaban J connectivity index is 1.40. The molecule has 0 N–H and O–H groups in total. The smallest absolute Gasteiger partial charge is 0.128 e. The van der Waals surface area contributed by atoms with Crippen LogP contribution in [0.25, 0.3) is 10.9 Å². The summed E-state index contributed by atoms with van der Waals surface area (Å²) in [5.41, 5.74) is 4.86. The van der Waals surface area contributed by atoms with Gasteiger partial charge in [0, 0.05) is 53.2 Å². The molecule has 0 radical (unpaired) electrons. The minimum absolute atomic E-state index is 0.184. The molecule has 1 fully saturated rings. The Kier molecular flexibility index (Phi) is 5.50. The van der Waals surface area contributed by atoms with E-state index in [1.165, 1.54) is 11.8 Å². The summed E-state index contributed by atoms with van der Waals surface area (Å²) in [5.74, 6) is -0.184. The summed E-state index contributed by atoms with van der Waals surface area (Å²) in [6.07, 6.45) is 3.94. The van der Waals surface area contributed by atoms with Gasteiger partial charge in [-0.25, -0.2) is 4.39 Å². The van der Waals surface area contributed by atoms with Gasteiger partial charge in [0.25, 0.3) is 0 Å². The van der Waals surface area contributed by atoms with E-state index in [2.05, 4.69) is 33.7 Å². The maximum atomic E-state index is 14.2. The van der Waals surface area contributed by atoms with Crippen molar-refractivity contribution in [3.8, 4) is 0 Å². The van der Waals surface area contributed by atoms with E-state index in [1.54, 1.807) is 6.07 Å². The van der Waals surface area contributed by atoms with E-state index in [1.807, 2.05) is 48.8 Å². The maximum Gasteiger partial charge on any atom is 0.128 e. The van der Waals surface area contributed by atoms with E-state index >= 15 is 0 Å². The first kappa shape index (κ1) is 19.5. The summed E-state index contributed by atoms with van der Waals surface area (Å²) in [4.78, 5) is 7.02. The molecule has 1 saturated heterocycles. The molecule has 2 heterocycles. The van der Waals surface area contributed by atoms with Gasteiger partial charge in [-0.05, 0) is 36.4 Å². The lowest BCUT2D eigenvalue weighted by atomic mass is 10.2. The number of rotatable bonds is 5. The predicted molar refractivity (Wildman–Crippen MR) is 124 cm³/mol. The van der Waals surface area contributed by atoms with E-state index < -0.39 is 0 Å². The number of nitrogens with zero attached hydrogens (tertiary/aromatic N) is 3. The highest BCUT2D eigenvalue weighted by molar-refractivity contribution is 6.00. The Hall–Kier alpha value is -3.44. The van der Waals surface area contributed by atoms with Crippen molar-refractivity contribution < 1.29 is 9.13 Å². The summed E-state index contributed by atoms with van der Waals surface area (Å²) in [6, 6.07) is 23.4. The summed E-state index contributed by atoms with van der Waals surface area (Å²) >= 11 is 0. The largest absolute Gasteiger partial charge is 0.378 e. The van der Waals surface area contributed by atoms with Crippen molar-refractivity contribution in [1.82, 2.24) is 4.57 Å². The number of morpholine rings is 1. The van der Waals surface area contributed by atoms with E-state index in [0.717, 1.165) is 48.5 Å². The minimum Gasteiger partial charge on any atom is -0.378 e. The summed E-state index contributed by atoms with van der Waals surface area (Å²) in [5, 5.41) is 1.10. The SMILES string of the molecule is Fc1ccccc1Cn1cc(C=Nc2ccc(N3CCOCC3)cc2)c2ccccc21. The zero-order valence-electron chi connectivity index (χ0n) is 17.2. The van der Waals surface area contributed by atoms with Gasteiger partial charge in [0.05, 0.1) is 25.4 Å². The third kappa shape index (κ3) is 4.23. The molecular weight excluding hydrogens is 389 g/mol. The number of hydrogen-bond acceptors (Lipinski definition) is 3. The number of halogens is 1. The molecule has 4 aromatic rings. The van der Waals surface area contributed by atoms with Crippen LogP contribution in [0.3, 0.4) is 0 Å². The van der Waals surface area contributed by atoms with Gasteiger partial charge in [0.2, 0.25) is 0 Å². The Morgan fingerprint density at radius 3 is 2.45 bits per heavy atom. The molecule has 156 valence electrons. The molecule has 0 bridgehead atoms. The Morgan fingerprint density at radius 1 is 0.903 bits per heavy atom. The second kappa shape index (κ2) is 8.74. The van der Waals surface area contributed by atoms with Gasteiger partial charge in [-0.2, -0.15) is 0 Å². The quantitative estimate of drug-likeness (QED) is 0.409. The average molecular weight is 413 g/mol. The molecule has 0 amide bonds. The second-order valence-corrected chi connectivity index (χ2v) is 7.69. The Morgan fingerprint density at radius 2 is 1.65 bits per heavy atom. The minimum atomic E-state index is -0.184. The number of anilines is 1. The summed E-state index contributed by atoms with van der Waals surface area (Å²) in [6.45, 7) is 3.87. The first-order valence-electron chi connectivity index (χ1n) is 10.6. The van der Waals surface area contributed by atoms with E-state index in [0.29, 0.717) is 12.1 Å². The Bertz CT molecular complexity index is 1210. The molecule has 3 aromatic carbocycles. The molecule has 31 heavy (non-hydrogen) atoms. The van der Waals surface area contributed by atoms with Crippen molar-refractivity contribution in [2.24, 2.45) is 4.99 Å². The number of para-hydroxylation sites is 1. The highest BCUT2D eigenvalue weighted by atomic mass is 19.1. The van der Waals surface area contributed by atoms with Crippen LogP contribution in [0.15, 0.2) is 84.0 Å². The number of aromatic nitrogens is 1. The highest BCUT2D eigenvalue weighted by Crippen LogP contribution is 2.24. The molecule has 0 atom stereocenters. The van der Waals surface area contributed by atoms with E-state index in [-0.39, 0.29) is 5.82 Å². The van der Waals surface area contributed by atoms with Gasteiger partial charge in [-0.3, -0.25) is 4.99 Å². The van der Waals surface area contributed by atoms with Crippen LogP contribution >= 0.6 is 0 Å². The molecule has 0 unspecified atom stereocenters. The zero-order valence-corrected chi connectivity index (χ0v) is 17.2. The van der Waals surface area contributed by atoms with Crippen LogP contribution in [0.2, 0.25) is 0 Å². The predicted octanol–water partition coefficient (Wildman–Crippen LogP) is 5.42.